The molecular weight excluding hydrogens is 300 g/mol. The van der Waals surface area contributed by atoms with E-state index in [1.165, 1.54) is 5.56 Å². The molecule has 1 aliphatic heterocycles. The molecule has 124 valence electrons. The molecule has 1 heterocycles. The lowest BCUT2D eigenvalue weighted by Gasteiger charge is -2.33. The summed E-state index contributed by atoms with van der Waals surface area (Å²) in [6.45, 7) is 6.92. The number of benzene rings is 1. The number of rotatable bonds is 6. The van der Waals surface area contributed by atoms with Crippen LogP contribution in [0.2, 0.25) is 0 Å². The molecule has 1 aliphatic rings. The summed E-state index contributed by atoms with van der Waals surface area (Å²) in [6, 6.07) is 10.2. The van der Waals surface area contributed by atoms with E-state index < -0.39 is 0 Å². The smallest absolute Gasteiger partial charge is 0.239 e. The summed E-state index contributed by atoms with van der Waals surface area (Å²) in [7, 11) is 0. The van der Waals surface area contributed by atoms with E-state index in [-0.39, 0.29) is 29.8 Å². The molecule has 1 aromatic carbocycles. The zero-order chi connectivity index (χ0) is 15.1. The van der Waals surface area contributed by atoms with Crippen LogP contribution in [0.1, 0.15) is 32.3 Å². The largest absolute Gasteiger partial charge is 0.378 e. The number of morpholine rings is 1. The van der Waals surface area contributed by atoms with E-state index in [0.717, 1.165) is 19.4 Å². The van der Waals surface area contributed by atoms with Crippen molar-refractivity contribution in [3.63, 3.8) is 0 Å². The van der Waals surface area contributed by atoms with Crippen LogP contribution in [0.15, 0.2) is 30.3 Å². The number of carbonyl (C=O) groups is 1. The van der Waals surface area contributed by atoms with Crippen molar-refractivity contribution in [3.8, 4) is 0 Å². The van der Waals surface area contributed by atoms with Crippen LogP contribution in [0.5, 0.6) is 0 Å². The van der Waals surface area contributed by atoms with E-state index >= 15 is 0 Å². The zero-order valence-corrected chi connectivity index (χ0v) is 14.2. The zero-order valence-electron chi connectivity index (χ0n) is 13.4. The number of ether oxygens (including phenoxy) is 1. The predicted octanol–water partition coefficient (Wildman–Crippen LogP) is 2.27. The molecule has 22 heavy (non-hydrogen) atoms. The number of nitrogens with one attached hydrogen (secondary N) is 2. The molecule has 1 aromatic rings. The van der Waals surface area contributed by atoms with Crippen LogP contribution >= 0.6 is 12.4 Å². The standard InChI is InChI=1S/C17H26N2O2.ClH/c1-3-17(4-2,14-8-6-5-7-9-14)13-19-16(20)15-12-21-11-10-18-15;/h5-9,15,18H,3-4,10-13H2,1-2H3,(H,19,20);1H. The van der Waals surface area contributed by atoms with Crippen molar-refractivity contribution in [3.05, 3.63) is 35.9 Å². The van der Waals surface area contributed by atoms with Crippen molar-refractivity contribution < 1.29 is 9.53 Å². The maximum atomic E-state index is 12.3. The molecule has 1 unspecified atom stereocenters. The van der Waals surface area contributed by atoms with Crippen molar-refractivity contribution >= 4 is 18.3 Å². The Kier molecular flexibility index (Phi) is 7.87. The van der Waals surface area contributed by atoms with Gasteiger partial charge in [-0.3, -0.25) is 4.79 Å². The minimum Gasteiger partial charge on any atom is -0.378 e. The summed E-state index contributed by atoms with van der Waals surface area (Å²) < 4.78 is 5.35. The second-order valence-corrected chi connectivity index (χ2v) is 5.65. The van der Waals surface area contributed by atoms with Gasteiger partial charge in [-0.1, -0.05) is 44.2 Å². The van der Waals surface area contributed by atoms with Crippen LogP contribution in [-0.4, -0.2) is 38.3 Å². The van der Waals surface area contributed by atoms with Gasteiger partial charge in [0.05, 0.1) is 13.2 Å². The van der Waals surface area contributed by atoms with Crippen molar-refractivity contribution in [1.29, 1.82) is 0 Å². The average molecular weight is 327 g/mol. The Bertz CT molecular complexity index is 443. The van der Waals surface area contributed by atoms with E-state index in [4.69, 9.17) is 4.74 Å². The Morgan fingerprint density at radius 1 is 1.32 bits per heavy atom. The van der Waals surface area contributed by atoms with Gasteiger partial charge in [-0.2, -0.15) is 0 Å². The number of hydrogen-bond donors (Lipinski definition) is 2. The maximum Gasteiger partial charge on any atom is 0.239 e. The highest BCUT2D eigenvalue weighted by atomic mass is 35.5. The summed E-state index contributed by atoms with van der Waals surface area (Å²) in [6.07, 6.45) is 2.00. The molecule has 5 heteroatoms. The first-order valence-corrected chi connectivity index (χ1v) is 7.86. The summed E-state index contributed by atoms with van der Waals surface area (Å²) in [5, 5.41) is 6.31. The Morgan fingerprint density at radius 3 is 2.55 bits per heavy atom. The second kappa shape index (κ2) is 9.13. The molecule has 0 saturated carbocycles. The Balaban J connectivity index is 0.00000242. The van der Waals surface area contributed by atoms with Gasteiger partial charge in [-0.05, 0) is 18.4 Å². The summed E-state index contributed by atoms with van der Waals surface area (Å²) in [5.41, 5.74) is 1.30. The highest BCUT2D eigenvalue weighted by Gasteiger charge is 2.30. The molecule has 0 bridgehead atoms. The van der Waals surface area contributed by atoms with E-state index in [9.17, 15) is 4.79 Å². The Labute approximate surface area is 139 Å². The van der Waals surface area contributed by atoms with Crippen LogP contribution in [0.25, 0.3) is 0 Å². The fourth-order valence-corrected chi connectivity index (χ4v) is 2.92. The molecule has 0 radical (unpaired) electrons. The van der Waals surface area contributed by atoms with Crippen LogP contribution < -0.4 is 10.6 Å². The van der Waals surface area contributed by atoms with Gasteiger partial charge in [0.15, 0.2) is 0 Å². The number of halogens is 1. The lowest BCUT2D eigenvalue weighted by atomic mass is 9.76. The molecule has 1 amide bonds. The molecule has 0 aliphatic carbocycles. The number of amides is 1. The fraction of sp³-hybridized carbons (Fsp3) is 0.588. The van der Waals surface area contributed by atoms with E-state index in [0.29, 0.717) is 19.8 Å². The van der Waals surface area contributed by atoms with Crippen molar-refractivity contribution in [2.75, 3.05) is 26.3 Å². The minimum absolute atomic E-state index is 0. The van der Waals surface area contributed by atoms with Gasteiger partial charge in [-0.25, -0.2) is 0 Å². The molecule has 4 nitrogen and oxygen atoms in total. The summed E-state index contributed by atoms with van der Waals surface area (Å²) in [5.74, 6) is 0.0388. The van der Waals surface area contributed by atoms with Crippen molar-refractivity contribution in [2.24, 2.45) is 0 Å². The van der Waals surface area contributed by atoms with Gasteiger partial charge in [0.2, 0.25) is 5.91 Å². The average Bonchev–Trinajstić information content (AvgIpc) is 2.58. The van der Waals surface area contributed by atoms with E-state index in [1.54, 1.807) is 0 Å². The third-order valence-corrected chi connectivity index (χ3v) is 4.58. The third-order valence-electron chi connectivity index (χ3n) is 4.58. The molecule has 2 N–H and O–H groups in total. The van der Waals surface area contributed by atoms with E-state index in [1.807, 2.05) is 6.07 Å². The minimum atomic E-state index is -0.221. The molecule has 0 aromatic heterocycles. The van der Waals surface area contributed by atoms with E-state index in [2.05, 4.69) is 48.7 Å². The first-order chi connectivity index (χ1) is 10.2. The van der Waals surface area contributed by atoms with Gasteiger partial charge in [0.25, 0.3) is 0 Å². The highest BCUT2D eigenvalue weighted by Crippen LogP contribution is 2.30. The summed E-state index contributed by atoms with van der Waals surface area (Å²) in [4.78, 5) is 12.3. The van der Waals surface area contributed by atoms with Crippen LogP contribution in [-0.2, 0) is 14.9 Å². The van der Waals surface area contributed by atoms with Gasteiger partial charge in [0.1, 0.15) is 6.04 Å². The summed E-state index contributed by atoms with van der Waals surface area (Å²) >= 11 is 0. The Morgan fingerprint density at radius 2 is 2.00 bits per heavy atom. The first kappa shape index (κ1) is 18.9. The normalized spacial score (nSPS) is 18.4. The molecule has 1 atom stereocenters. The predicted molar refractivity (Wildman–Crippen MR) is 91.6 cm³/mol. The SMILES string of the molecule is CCC(CC)(CNC(=O)C1COCCN1)c1ccccc1.Cl. The van der Waals surface area contributed by atoms with Gasteiger partial charge in [-0.15, -0.1) is 12.4 Å². The van der Waals surface area contributed by atoms with Crippen molar-refractivity contribution in [2.45, 2.75) is 38.1 Å². The quantitative estimate of drug-likeness (QED) is 0.843. The van der Waals surface area contributed by atoms with Gasteiger partial charge in [0, 0.05) is 18.5 Å². The second-order valence-electron chi connectivity index (χ2n) is 5.65. The van der Waals surface area contributed by atoms with Crippen molar-refractivity contribution in [1.82, 2.24) is 10.6 Å². The number of carbonyl (C=O) groups excluding carboxylic acids is 1. The molecule has 2 rings (SSSR count). The highest BCUT2D eigenvalue weighted by molar-refractivity contribution is 5.85. The third kappa shape index (κ3) is 4.45. The fourth-order valence-electron chi connectivity index (χ4n) is 2.92. The molecule has 1 fully saturated rings. The first-order valence-electron chi connectivity index (χ1n) is 7.86. The Hall–Kier alpha value is -1.10. The number of hydrogen-bond acceptors (Lipinski definition) is 3. The van der Waals surface area contributed by atoms with Crippen LogP contribution in [0, 0.1) is 0 Å². The maximum absolute atomic E-state index is 12.3. The molecule has 0 spiro atoms. The van der Waals surface area contributed by atoms with Crippen LogP contribution in [0.3, 0.4) is 0 Å². The molecule has 1 saturated heterocycles. The monoisotopic (exact) mass is 326 g/mol. The lowest BCUT2D eigenvalue weighted by molar-refractivity contribution is -0.126. The van der Waals surface area contributed by atoms with Gasteiger partial charge >= 0.3 is 0 Å². The lowest BCUT2D eigenvalue weighted by Crippen LogP contribution is -2.53. The van der Waals surface area contributed by atoms with Gasteiger partial charge < -0.3 is 15.4 Å². The molecular formula is C17H27ClN2O2. The van der Waals surface area contributed by atoms with Crippen LogP contribution in [0.4, 0.5) is 0 Å². The topological polar surface area (TPSA) is 50.4 Å².